The number of aryl methyl sites for hydroxylation is 1. The summed E-state index contributed by atoms with van der Waals surface area (Å²) in [5, 5.41) is 7.07. The van der Waals surface area contributed by atoms with Crippen molar-refractivity contribution >= 4 is 11.6 Å². The van der Waals surface area contributed by atoms with E-state index < -0.39 is 0 Å². The van der Waals surface area contributed by atoms with Crippen molar-refractivity contribution in [3.63, 3.8) is 0 Å². The lowest BCUT2D eigenvalue weighted by Gasteiger charge is -2.19. The van der Waals surface area contributed by atoms with E-state index in [-0.39, 0.29) is 5.91 Å². The average molecular weight is 251 g/mol. The molecule has 1 aliphatic rings. The standard InChI is InChI=1S/C12H21N5O/c1-3-17-8-10(13)11(15-17)12(18)14-7-9-5-4-6-16(9)2/h8-9H,3-7,13H2,1-2H3,(H,14,18). The first-order chi connectivity index (χ1) is 8.61. The van der Waals surface area contributed by atoms with Crippen molar-refractivity contribution in [3.8, 4) is 0 Å². The number of nitrogens with zero attached hydrogens (tertiary/aromatic N) is 3. The molecule has 2 heterocycles. The molecule has 6 heteroatoms. The number of amides is 1. The number of anilines is 1. The highest BCUT2D eigenvalue weighted by molar-refractivity contribution is 5.97. The molecule has 1 aromatic heterocycles. The van der Waals surface area contributed by atoms with Crippen LogP contribution < -0.4 is 11.1 Å². The summed E-state index contributed by atoms with van der Waals surface area (Å²) in [5.41, 5.74) is 6.54. The van der Waals surface area contributed by atoms with E-state index in [1.165, 1.54) is 6.42 Å². The maximum Gasteiger partial charge on any atom is 0.273 e. The van der Waals surface area contributed by atoms with Crippen LogP contribution in [0.15, 0.2) is 6.20 Å². The summed E-state index contributed by atoms with van der Waals surface area (Å²) < 4.78 is 1.67. The van der Waals surface area contributed by atoms with Crippen molar-refractivity contribution in [2.24, 2.45) is 0 Å². The Morgan fingerprint density at radius 3 is 3.00 bits per heavy atom. The number of nitrogen functional groups attached to an aromatic ring is 1. The Morgan fingerprint density at radius 1 is 1.67 bits per heavy atom. The van der Waals surface area contributed by atoms with Crippen LogP contribution in [0.3, 0.4) is 0 Å². The van der Waals surface area contributed by atoms with Gasteiger partial charge in [-0.05, 0) is 33.4 Å². The third-order valence-corrected chi connectivity index (χ3v) is 3.50. The molecule has 18 heavy (non-hydrogen) atoms. The number of aromatic nitrogens is 2. The molecule has 1 amide bonds. The molecule has 1 unspecified atom stereocenters. The van der Waals surface area contributed by atoms with Crippen LogP contribution in [0.4, 0.5) is 5.69 Å². The SMILES string of the molecule is CCn1cc(N)c(C(=O)NCC2CCCN2C)n1. The number of likely N-dealkylation sites (N-methyl/N-ethyl adjacent to an activating group) is 1. The fourth-order valence-corrected chi connectivity index (χ4v) is 2.31. The van der Waals surface area contributed by atoms with Crippen LogP contribution in [-0.2, 0) is 6.54 Å². The van der Waals surface area contributed by atoms with Gasteiger partial charge in [0.1, 0.15) is 0 Å². The van der Waals surface area contributed by atoms with E-state index in [0.717, 1.165) is 13.0 Å². The van der Waals surface area contributed by atoms with E-state index in [4.69, 9.17) is 5.73 Å². The van der Waals surface area contributed by atoms with Crippen molar-refractivity contribution in [1.29, 1.82) is 0 Å². The van der Waals surface area contributed by atoms with Gasteiger partial charge in [-0.2, -0.15) is 5.10 Å². The Bertz CT molecular complexity index is 428. The Kier molecular flexibility index (Phi) is 3.86. The van der Waals surface area contributed by atoms with E-state index >= 15 is 0 Å². The van der Waals surface area contributed by atoms with E-state index in [1.807, 2.05) is 6.92 Å². The summed E-state index contributed by atoms with van der Waals surface area (Å²) in [7, 11) is 2.09. The molecule has 2 rings (SSSR count). The van der Waals surface area contributed by atoms with Gasteiger partial charge in [-0.1, -0.05) is 0 Å². The average Bonchev–Trinajstić information content (AvgIpc) is 2.92. The van der Waals surface area contributed by atoms with Crippen molar-refractivity contribution in [2.45, 2.75) is 32.4 Å². The molecule has 1 aromatic rings. The van der Waals surface area contributed by atoms with E-state index in [9.17, 15) is 4.79 Å². The Hall–Kier alpha value is -1.56. The van der Waals surface area contributed by atoms with Crippen molar-refractivity contribution in [3.05, 3.63) is 11.9 Å². The van der Waals surface area contributed by atoms with E-state index in [0.29, 0.717) is 30.5 Å². The second-order valence-corrected chi connectivity index (χ2v) is 4.78. The number of hydrogen-bond acceptors (Lipinski definition) is 4. The van der Waals surface area contributed by atoms with Crippen LogP contribution in [0.5, 0.6) is 0 Å². The van der Waals surface area contributed by atoms with Gasteiger partial charge in [0.25, 0.3) is 5.91 Å². The normalized spacial score (nSPS) is 20.2. The maximum absolute atomic E-state index is 12.0. The molecule has 3 N–H and O–H groups in total. The minimum atomic E-state index is -0.181. The highest BCUT2D eigenvalue weighted by atomic mass is 16.2. The molecule has 1 fully saturated rings. The molecule has 0 radical (unpaired) electrons. The van der Waals surface area contributed by atoms with E-state index in [1.54, 1.807) is 10.9 Å². The zero-order chi connectivity index (χ0) is 13.1. The van der Waals surface area contributed by atoms with Gasteiger partial charge in [-0.15, -0.1) is 0 Å². The number of nitrogens with two attached hydrogens (primary N) is 1. The molecule has 1 atom stereocenters. The number of likely N-dealkylation sites (tertiary alicyclic amines) is 1. The van der Waals surface area contributed by atoms with Crippen LogP contribution in [0.2, 0.25) is 0 Å². The van der Waals surface area contributed by atoms with Crippen molar-refractivity contribution in [2.75, 3.05) is 25.9 Å². The lowest BCUT2D eigenvalue weighted by Crippen LogP contribution is -2.38. The predicted octanol–water partition coefficient (Wildman–Crippen LogP) is 0.309. The Labute approximate surface area is 107 Å². The molecule has 0 aromatic carbocycles. The molecule has 1 saturated heterocycles. The lowest BCUT2D eigenvalue weighted by atomic mass is 10.2. The number of carbonyl (C=O) groups excluding carboxylic acids is 1. The first-order valence-electron chi connectivity index (χ1n) is 6.43. The lowest BCUT2D eigenvalue weighted by molar-refractivity contribution is 0.0938. The molecular formula is C12H21N5O. The fraction of sp³-hybridized carbons (Fsp3) is 0.667. The summed E-state index contributed by atoms with van der Waals surface area (Å²) in [6.45, 7) is 4.44. The summed E-state index contributed by atoms with van der Waals surface area (Å²) in [5.74, 6) is -0.181. The van der Waals surface area contributed by atoms with Crippen LogP contribution in [0, 0.1) is 0 Å². The van der Waals surface area contributed by atoms with Crippen molar-refractivity contribution < 1.29 is 4.79 Å². The summed E-state index contributed by atoms with van der Waals surface area (Å²) in [4.78, 5) is 14.2. The summed E-state index contributed by atoms with van der Waals surface area (Å²) in [6, 6.07) is 0.434. The molecule has 0 aliphatic carbocycles. The highest BCUT2D eigenvalue weighted by Gasteiger charge is 2.22. The van der Waals surface area contributed by atoms with Gasteiger partial charge in [0, 0.05) is 25.3 Å². The van der Waals surface area contributed by atoms with Gasteiger partial charge in [-0.3, -0.25) is 9.48 Å². The summed E-state index contributed by atoms with van der Waals surface area (Å²) >= 11 is 0. The second-order valence-electron chi connectivity index (χ2n) is 4.78. The highest BCUT2D eigenvalue weighted by Crippen LogP contribution is 2.14. The largest absolute Gasteiger partial charge is 0.396 e. The molecule has 1 aliphatic heterocycles. The van der Waals surface area contributed by atoms with Gasteiger partial charge < -0.3 is 16.0 Å². The van der Waals surface area contributed by atoms with Gasteiger partial charge in [0.15, 0.2) is 5.69 Å². The number of hydrogen-bond donors (Lipinski definition) is 2. The maximum atomic E-state index is 12.0. The van der Waals surface area contributed by atoms with Crippen LogP contribution in [-0.4, -0.2) is 46.8 Å². The van der Waals surface area contributed by atoms with Crippen LogP contribution >= 0.6 is 0 Å². The number of rotatable bonds is 4. The molecule has 0 bridgehead atoms. The first-order valence-corrected chi connectivity index (χ1v) is 6.43. The topological polar surface area (TPSA) is 76.2 Å². The van der Waals surface area contributed by atoms with Gasteiger partial charge in [0.05, 0.1) is 5.69 Å². The predicted molar refractivity (Wildman–Crippen MR) is 70.3 cm³/mol. The fourth-order valence-electron chi connectivity index (χ4n) is 2.31. The molecular weight excluding hydrogens is 230 g/mol. The molecule has 0 saturated carbocycles. The third kappa shape index (κ3) is 2.64. The zero-order valence-corrected chi connectivity index (χ0v) is 11.0. The molecule has 0 spiro atoms. The van der Waals surface area contributed by atoms with Crippen LogP contribution in [0.1, 0.15) is 30.3 Å². The number of carbonyl (C=O) groups is 1. The van der Waals surface area contributed by atoms with Gasteiger partial charge in [-0.25, -0.2) is 0 Å². The van der Waals surface area contributed by atoms with E-state index in [2.05, 4.69) is 22.4 Å². The van der Waals surface area contributed by atoms with Gasteiger partial charge >= 0.3 is 0 Å². The quantitative estimate of drug-likeness (QED) is 0.807. The summed E-state index contributed by atoms with van der Waals surface area (Å²) in [6.07, 6.45) is 4.02. The monoisotopic (exact) mass is 251 g/mol. The third-order valence-electron chi connectivity index (χ3n) is 3.50. The van der Waals surface area contributed by atoms with Crippen molar-refractivity contribution in [1.82, 2.24) is 20.0 Å². The minimum absolute atomic E-state index is 0.181. The second kappa shape index (κ2) is 5.39. The van der Waals surface area contributed by atoms with Crippen LogP contribution in [0.25, 0.3) is 0 Å². The number of nitrogens with one attached hydrogen (secondary N) is 1. The minimum Gasteiger partial charge on any atom is -0.396 e. The molecule has 6 nitrogen and oxygen atoms in total. The Morgan fingerprint density at radius 2 is 2.44 bits per heavy atom. The smallest absolute Gasteiger partial charge is 0.273 e. The Balaban J connectivity index is 1.92. The van der Waals surface area contributed by atoms with Gasteiger partial charge in [0.2, 0.25) is 0 Å². The first kappa shape index (κ1) is 12.9. The zero-order valence-electron chi connectivity index (χ0n) is 11.0. The molecule has 100 valence electrons.